The van der Waals surface area contributed by atoms with Gasteiger partial charge in [0.25, 0.3) is 0 Å². The number of hydrogen-bond donors (Lipinski definition) is 1. The second-order valence-electron chi connectivity index (χ2n) is 7.72. The summed E-state index contributed by atoms with van der Waals surface area (Å²) in [6.45, 7) is 6.60. The zero-order valence-corrected chi connectivity index (χ0v) is 16.8. The van der Waals surface area contributed by atoms with Gasteiger partial charge in [0.05, 0.1) is 25.3 Å². The van der Waals surface area contributed by atoms with Gasteiger partial charge in [-0.1, -0.05) is 24.3 Å². The highest BCUT2D eigenvalue weighted by Gasteiger charge is 2.26. The zero-order valence-electron chi connectivity index (χ0n) is 16.8. The standard InChI is InChI=1S/C22H29N5O2/c28-22(20-6-3-9-27(17-20)21-15-23-7-8-24-21)25-14-18-4-1-2-5-19(18)16-26-10-12-29-13-11-26/h1-2,4-5,7-8,15,20H,3,6,9-14,16-17H2,(H,25,28)/t20-/m1/s1. The SMILES string of the molecule is O=C(NCc1ccccc1CN1CCOCC1)[C@@H]1CCCN(c2cnccn2)C1. The van der Waals surface area contributed by atoms with E-state index >= 15 is 0 Å². The number of rotatable bonds is 6. The summed E-state index contributed by atoms with van der Waals surface area (Å²) in [6, 6.07) is 8.39. The monoisotopic (exact) mass is 395 g/mol. The number of hydrogen-bond acceptors (Lipinski definition) is 6. The van der Waals surface area contributed by atoms with Crippen LogP contribution in [0, 0.1) is 5.92 Å². The molecule has 4 rings (SSSR count). The molecule has 0 spiro atoms. The van der Waals surface area contributed by atoms with Gasteiger partial charge in [-0.2, -0.15) is 0 Å². The van der Waals surface area contributed by atoms with E-state index < -0.39 is 0 Å². The van der Waals surface area contributed by atoms with E-state index in [4.69, 9.17) is 4.74 Å². The van der Waals surface area contributed by atoms with Crippen molar-refractivity contribution in [2.45, 2.75) is 25.9 Å². The minimum atomic E-state index is -0.0165. The molecule has 2 saturated heterocycles. The molecule has 2 aliphatic heterocycles. The summed E-state index contributed by atoms with van der Waals surface area (Å²) in [7, 11) is 0. The first-order chi connectivity index (χ1) is 14.3. The quantitative estimate of drug-likeness (QED) is 0.805. The number of nitrogens with zero attached hydrogens (tertiary/aromatic N) is 4. The largest absolute Gasteiger partial charge is 0.379 e. The maximum atomic E-state index is 12.8. The summed E-state index contributed by atoms with van der Waals surface area (Å²) in [4.78, 5) is 25.9. The summed E-state index contributed by atoms with van der Waals surface area (Å²) >= 11 is 0. The molecular formula is C22H29N5O2. The van der Waals surface area contributed by atoms with Crippen molar-refractivity contribution in [2.75, 3.05) is 44.3 Å². The molecule has 3 heterocycles. The van der Waals surface area contributed by atoms with Crippen molar-refractivity contribution < 1.29 is 9.53 Å². The van der Waals surface area contributed by atoms with Crippen LogP contribution < -0.4 is 10.2 Å². The molecule has 1 aromatic heterocycles. The molecule has 1 atom stereocenters. The lowest BCUT2D eigenvalue weighted by molar-refractivity contribution is -0.125. The van der Waals surface area contributed by atoms with Crippen molar-refractivity contribution in [1.29, 1.82) is 0 Å². The van der Waals surface area contributed by atoms with Crippen LogP contribution in [-0.2, 0) is 22.6 Å². The van der Waals surface area contributed by atoms with Crippen molar-refractivity contribution >= 4 is 11.7 Å². The molecule has 0 unspecified atom stereocenters. The fourth-order valence-corrected chi connectivity index (χ4v) is 4.06. The van der Waals surface area contributed by atoms with Crippen LogP contribution in [0.15, 0.2) is 42.9 Å². The van der Waals surface area contributed by atoms with E-state index in [2.05, 4.69) is 43.3 Å². The molecule has 0 saturated carbocycles. The van der Waals surface area contributed by atoms with Gasteiger partial charge in [0.15, 0.2) is 0 Å². The molecule has 7 heteroatoms. The molecule has 1 N–H and O–H groups in total. The highest BCUT2D eigenvalue weighted by molar-refractivity contribution is 5.79. The molecule has 1 aromatic carbocycles. The topological polar surface area (TPSA) is 70.6 Å². The molecule has 0 radical (unpaired) electrons. The Labute approximate surface area is 172 Å². The van der Waals surface area contributed by atoms with E-state index in [0.29, 0.717) is 13.1 Å². The summed E-state index contributed by atoms with van der Waals surface area (Å²) in [5, 5.41) is 3.17. The van der Waals surface area contributed by atoms with E-state index in [1.54, 1.807) is 18.6 Å². The van der Waals surface area contributed by atoms with E-state index in [-0.39, 0.29) is 11.8 Å². The second-order valence-corrected chi connectivity index (χ2v) is 7.72. The number of carbonyl (C=O) groups is 1. The van der Waals surface area contributed by atoms with E-state index in [1.165, 1.54) is 11.1 Å². The van der Waals surface area contributed by atoms with Gasteiger partial charge >= 0.3 is 0 Å². The van der Waals surface area contributed by atoms with Gasteiger partial charge < -0.3 is 15.0 Å². The summed E-state index contributed by atoms with van der Waals surface area (Å²) in [5.74, 6) is 0.956. The first-order valence-electron chi connectivity index (χ1n) is 10.4. The number of ether oxygens (including phenoxy) is 1. The summed E-state index contributed by atoms with van der Waals surface area (Å²) < 4.78 is 5.44. The summed E-state index contributed by atoms with van der Waals surface area (Å²) in [5.41, 5.74) is 2.47. The van der Waals surface area contributed by atoms with Crippen LogP contribution in [0.4, 0.5) is 5.82 Å². The van der Waals surface area contributed by atoms with Crippen molar-refractivity contribution in [2.24, 2.45) is 5.92 Å². The van der Waals surface area contributed by atoms with Gasteiger partial charge in [0, 0.05) is 51.7 Å². The molecule has 0 aliphatic carbocycles. The third kappa shape index (κ3) is 5.31. The van der Waals surface area contributed by atoms with Crippen LogP contribution in [0.2, 0.25) is 0 Å². The van der Waals surface area contributed by atoms with Crippen LogP contribution >= 0.6 is 0 Å². The van der Waals surface area contributed by atoms with E-state index in [1.807, 2.05) is 6.07 Å². The van der Waals surface area contributed by atoms with Gasteiger partial charge in [-0.05, 0) is 24.0 Å². The number of piperidine rings is 1. The molecular weight excluding hydrogens is 366 g/mol. The van der Waals surface area contributed by atoms with Gasteiger partial charge in [-0.15, -0.1) is 0 Å². The van der Waals surface area contributed by atoms with Crippen molar-refractivity contribution in [1.82, 2.24) is 20.2 Å². The van der Waals surface area contributed by atoms with Crippen molar-refractivity contribution in [3.63, 3.8) is 0 Å². The highest BCUT2D eigenvalue weighted by atomic mass is 16.5. The van der Waals surface area contributed by atoms with Crippen molar-refractivity contribution in [3.05, 3.63) is 54.0 Å². The maximum Gasteiger partial charge on any atom is 0.225 e. The first-order valence-corrected chi connectivity index (χ1v) is 10.4. The fraction of sp³-hybridized carbons (Fsp3) is 0.500. The Morgan fingerprint density at radius 1 is 1.14 bits per heavy atom. The van der Waals surface area contributed by atoms with Crippen LogP contribution in [0.3, 0.4) is 0 Å². The number of benzene rings is 1. The second kappa shape index (κ2) is 9.80. The number of nitrogens with one attached hydrogen (secondary N) is 1. The molecule has 7 nitrogen and oxygen atoms in total. The van der Waals surface area contributed by atoms with Crippen molar-refractivity contribution in [3.8, 4) is 0 Å². The third-order valence-electron chi connectivity index (χ3n) is 5.73. The van der Waals surface area contributed by atoms with Gasteiger partial charge in [-0.3, -0.25) is 14.7 Å². The Bertz CT molecular complexity index is 795. The molecule has 2 aliphatic rings. The Balaban J connectivity index is 1.33. The number of amides is 1. The minimum absolute atomic E-state index is 0.0165. The number of carbonyl (C=O) groups excluding carboxylic acids is 1. The minimum Gasteiger partial charge on any atom is -0.379 e. The van der Waals surface area contributed by atoms with Crippen LogP contribution in [-0.4, -0.2) is 60.2 Å². The molecule has 154 valence electrons. The average molecular weight is 396 g/mol. The number of morpholine rings is 1. The van der Waals surface area contributed by atoms with E-state index in [0.717, 1.165) is 58.1 Å². The predicted molar refractivity (Wildman–Crippen MR) is 111 cm³/mol. The Morgan fingerprint density at radius 2 is 1.97 bits per heavy atom. The van der Waals surface area contributed by atoms with Gasteiger partial charge in [0.1, 0.15) is 5.82 Å². The lowest BCUT2D eigenvalue weighted by Crippen LogP contribution is -2.43. The Kier molecular flexibility index (Phi) is 6.69. The summed E-state index contributed by atoms with van der Waals surface area (Å²) in [6.07, 6.45) is 7.04. The Hall–Kier alpha value is -2.51. The van der Waals surface area contributed by atoms with Crippen LogP contribution in [0.5, 0.6) is 0 Å². The van der Waals surface area contributed by atoms with E-state index in [9.17, 15) is 4.79 Å². The lowest BCUT2D eigenvalue weighted by Gasteiger charge is -2.32. The Morgan fingerprint density at radius 3 is 2.76 bits per heavy atom. The molecule has 1 amide bonds. The zero-order chi connectivity index (χ0) is 19.9. The molecule has 29 heavy (non-hydrogen) atoms. The first kappa shape index (κ1) is 19.8. The molecule has 2 fully saturated rings. The lowest BCUT2D eigenvalue weighted by atomic mass is 9.97. The normalized spacial score (nSPS) is 20.4. The van der Waals surface area contributed by atoms with Gasteiger partial charge in [-0.25, -0.2) is 4.98 Å². The third-order valence-corrected chi connectivity index (χ3v) is 5.73. The number of anilines is 1. The average Bonchev–Trinajstić information content (AvgIpc) is 2.80. The van der Waals surface area contributed by atoms with Crippen LogP contribution in [0.1, 0.15) is 24.0 Å². The van der Waals surface area contributed by atoms with Crippen LogP contribution in [0.25, 0.3) is 0 Å². The predicted octanol–water partition coefficient (Wildman–Crippen LogP) is 1.84. The smallest absolute Gasteiger partial charge is 0.225 e. The number of aromatic nitrogens is 2. The fourth-order valence-electron chi connectivity index (χ4n) is 4.06. The maximum absolute atomic E-state index is 12.8. The molecule has 0 bridgehead atoms. The molecule has 2 aromatic rings. The van der Waals surface area contributed by atoms with Gasteiger partial charge in [0.2, 0.25) is 5.91 Å². The highest BCUT2D eigenvalue weighted by Crippen LogP contribution is 2.21.